The van der Waals surface area contributed by atoms with Crippen LogP contribution < -0.4 is 9.64 Å². The first-order valence-corrected chi connectivity index (χ1v) is 6.71. The number of benzene rings is 1. The summed E-state index contributed by atoms with van der Waals surface area (Å²) in [4.78, 5) is 1.65. The maximum Gasteiger partial charge on any atom is 0.122 e. The van der Waals surface area contributed by atoms with E-state index in [0.717, 1.165) is 18.8 Å². The van der Waals surface area contributed by atoms with Gasteiger partial charge in [-0.25, -0.2) is 0 Å². The van der Waals surface area contributed by atoms with Crippen molar-refractivity contribution in [1.82, 2.24) is 0 Å². The Morgan fingerprint density at radius 1 is 1.12 bits per heavy atom. The quantitative estimate of drug-likeness (QED) is 0.715. The molecule has 17 heavy (non-hydrogen) atoms. The van der Waals surface area contributed by atoms with E-state index < -0.39 is 0 Å². The lowest BCUT2D eigenvalue weighted by Crippen LogP contribution is -3.11. The van der Waals surface area contributed by atoms with Gasteiger partial charge in [-0.05, 0) is 39.3 Å². The molecule has 0 saturated heterocycles. The zero-order valence-electron chi connectivity index (χ0n) is 11.7. The fraction of sp³-hybridized carbons (Fsp3) is 0.600. The zero-order valence-corrected chi connectivity index (χ0v) is 11.7. The Morgan fingerprint density at radius 3 is 2.41 bits per heavy atom. The minimum Gasteiger partial charge on any atom is -0.493 e. The Balaban J connectivity index is 2.31. The van der Waals surface area contributed by atoms with Crippen LogP contribution in [0.3, 0.4) is 0 Å². The van der Waals surface area contributed by atoms with Crippen molar-refractivity contribution in [3.05, 3.63) is 29.3 Å². The van der Waals surface area contributed by atoms with Gasteiger partial charge >= 0.3 is 0 Å². The first-order valence-electron chi connectivity index (χ1n) is 6.71. The van der Waals surface area contributed by atoms with E-state index in [1.54, 1.807) is 4.90 Å². The lowest BCUT2D eigenvalue weighted by molar-refractivity contribution is -0.896. The fourth-order valence-electron chi connectivity index (χ4n) is 2.07. The molecule has 0 unspecified atom stereocenters. The molecular formula is C15H26NO+. The number of hydrogen-bond donors (Lipinski definition) is 1. The number of nitrogens with one attached hydrogen (secondary N) is 1. The molecule has 0 saturated carbocycles. The smallest absolute Gasteiger partial charge is 0.122 e. The highest BCUT2D eigenvalue weighted by Crippen LogP contribution is 2.18. The van der Waals surface area contributed by atoms with Gasteiger partial charge in [0, 0.05) is 6.42 Å². The third kappa shape index (κ3) is 4.78. The van der Waals surface area contributed by atoms with Crippen LogP contribution in [0.2, 0.25) is 0 Å². The van der Waals surface area contributed by atoms with Crippen molar-refractivity contribution in [1.29, 1.82) is 0 Å². The van der Waals surface area contributed by atoms with Gasteiger partial charge in [-0.15, -0.1) is 0 Å². The van der Waals surface area contributed by atoms with Gasteiger partial charge in [0.25, 0.3) is 0 Å². The van der Waals surface area contributed by atoms with Gasteiger partial charge in [-0.3, -0.25) is 0 Å². The van der Waals surface area contributed by atoms with Crippen molar-refractivity contribution in [3.63, 3.8) is 0 Å². The van der Waals surface area contributed by atoms with Gasteiger partial charge in [0.15, 0.2) is 0 Å². The lowest BCUT2D eigenvalue weighted by Gasteiger charge is -2.15. The molecule has 1 aromatic rings. The number of quaternary nitrogens is 1. The maximum absolute atomic E-state index is 5.82. The third-order valence-corrected chi connectivity index (χ3v) is 3.26. The van der Waals surface area contributed by atoms with E-state index >= 15 is 0 Å². The molecule has 0 atom stereocenters. The molecule has 0 aliphatic carbocycles. The van der Waals surface area contributed by atoms with Gasteiger partial charge in [-0.1, -0.05) is 17.7 Å². The Labute approximate surface area is 106 Å². The van der Waals surface area contributed by atoms with E-state index in [-0.39, 0.29) is 0 Å². The molecule has 0 fully saturated rings. The predicted molar refractivity (Wildman–Crippen MR) is 72.9 cm³/mol. The van der Waals surface area contributed by atoms with E-state index in [4.69, 9.17) is 4.74 Å². The van der Waals surface area contributed by atoms with Crippen LogP contribution in [0.15, 0.2) is 18.2 Å². The predicted octanol–water partition coefficient (Wildman–Crippen LogP) is 2.00. The van der Waals surface area contributed by atoms with Crippen LogP contribution >= 0.6 is 0 Å². The van der Waals surface area contributed by atoms with Crippen molar-refractivity contribution < 1.29 is 9.64 Å². The molecule has 2 heteroatoms. The number of aryl methyl sites for hydroxylation is 2. The minimum absolute atomic E-state index is 0.827. The monoisotopic (exact) mass is 236 g/mol. The SMILES string of the molecule is CC[NH+](CC)CCCOc1ccc(C)cc1C. The summed E-state index contributed by atoms with van der Waals surface area (Å²) < 4.78 is 5.82. The minimum atomic E-state index is 0.827. The van der Waals surface area contributed by atoms with Crippen LogP contribution in [-0.2, 0) is 0 Å². The van der Waals surface area contributed by atoms with Crippen molar-refractivity contribution in [2.75, 3.05) is 26.2 Å². The average molecular weight is 236 g/mol. The van der Waals surface area contributed by atoms with Crippen molar-refractivity contribution in [3.8, 4) is 5.75 Å². The number of ether oxygens (including phenoxy) is 1. The van der Waals surface area contributed by atoms with E-state index in [2.05, 4.69) is 45.9 Å². The summed E-state index contributed by atoms with van der Waals surface area (Å²) in [6, 6.07) is 6.36. The van der Waals surface area contributed by atoms with Crippen LogP contribution in [-0.4, -0.2) is 26.2 Å². The summed E-state index contributed by atoms with van der Waals surface area (Å²) in [7, 11) is 0. The summed E-state index contributed by atoms with van der Waals surface area (Å²) >= 11 is 0. The molecule has 96 valence electrons. The Kier molecular flexibility index (Phi) is 6.06. The standard InChI is InChI=1S/C15H25NO/c1-5-16(6-2)10-7-11-17-15-9-8-13(3)12-14(15)4/h8-9,12H,5-7,10-11H2,1-4H3/p+1. The number of rotatable bonds is 7. The van der Waals surface area contributed by atoms with E-state index in [0.29, 0.717) is 0 Å². The number of hydrogen-bond acceptors (Lipinski definition) is 1. The normalized spacial score (nSPS) is 10.9. The molecule has 1 rings (SSSR count). The second-order valence-corrected chi connectivity index (χ2v) is 4.68. The fourth-order valence-corrected chi connectivity index (χ4v) is 2.07. The van der Waals surface area contributed by atoms with E-state index in [1.165, 1.54) is 30.8 Å². The second kappa shape index (κ2) is 7.33. The summed E-state index contributed by atoms with van der Waals surface area (Å²) in [6.07, 6.45) is 1.13. The lowest BCUT2D eigenvalue weighted by atomic mass is 10.1. The molecule has 0 bridgehead atoms. The molecule has 0 aromatic heterocycles. The van der Waals surface area contributed by atoms with Gasteiger partial charge < -0.3 is 9.64 Å². The largest absolute Gasteiger partial charge is 0.493 e. The summed E-state index contributed by atoms with van der Waals surface area (Å²) in [5, 5.41) is 0. The van der Waals surface area contributed by atoms with Crippen molar-refractivity contribution in [2.24, 2.45) is 0 Å². The first kappa shape index (κ1) is 14.0. The highest BCUT2D eigenvalue weighted by Gasteiger charge is 2.03. The zero-order chi connectivity index (χ0) is 12.7. The van der Waals surface area contributed by atoms with Crippen molar-refractivity contribution in [2.45, 2.75) is 34.1 Å². The van der Waals surface area contributed by atoms with E-state index in [9.17, 15) is 0 Å². The summed E-state index contributed by atoms with van der Waals surface area (Å²) in [5.74, 6) is 1.03. The summed E-state index contributed by atoms with van der Waals surface area (Å²) in [6.45, 7) is 13.2. The Hall–Kier alpha value is -1.02. The summed E-state index contributed by atoms with van der Waals surface area (Å²) in [5.41, 5.74) is 2.53. The first-order chi connectivity index (χ1) is 8.17. The molecular weight excluding hydrogens is 210 g/mol. The van der Waals surface area contributed by atoms with Crippen LogP contribution in [0.25, 0.3) is 0 Å². The molecule has 2 nitrogen and oxygen atoms in total. The van der Waals surface area contributed by atoms with Gasteiger partial charge in [-0.2, -0.15) is 0 Å². The van der Waals surface area contributed by atoms with Gasteiger partial charge in [0.05, 0.1) is 26.2 Å². The topological polar surface area (TPSA) is 13.7 Å². The Morgan fingerprint density at radius 2 is 1.82 bits per heavy atom. The average Bonchev–Trinajstić information content (AvgIpc) is 2.32. The van der Waals surface area contributed by atoms with E-state index in [1.807, 2.05) is 0 Å². The molecule has 0 aliphatic rings. The molecule has 0 heterocycles. The van der Waals surface area contributed by atoms with Crippen molar-refractivity contribution >= 4 is 0 Å². The molecule has 0 radical (unpaired) electrons. The van der Waals surface area contributed by atoms with Crippen LogP contribution in [0.4, 0.5) is 0 Å². The van der Waals surface area contributed by atoms with Crippen LogP contribution in [0.1, 0.15) is 31.4 Å². The van der Waals surface area contributed by atoms with Gasteiger partial charge in [0.1, 0.15) is 5.75 Å². The molecule has 0 aliphatic heterocycles. The maximum atomic E-state index is 5.82. The molecule has 0 spiro atoms. The molecule has 1 N–H and O–H groups in total. The second-order valence-electron chi connectivity index (χ2n) is 4.68. The van der Waals surface area contributed by atoms with Crippen LogP contribution in [0, 0.1) is 13.8 Å². The van der Waals surface area contributed by atoms with Gasteiger partial charge in [0.2, 0.25) is 0 Å². The highest BCUT2D eigenvalue weighted by atomic mass is 16.5. The third-order valence-electron chi connectivity index (χ3n) is 3.26. The van der Waals surface area contributed by atoms with Crippen LogP contribution in [0.5, 0.6) is 5.75 Å². The Bertz CT molecular complexity index is 332. The highest BCUT2D eigenvalue weighted by molar-refractivity contribution is 5.35. The molecule has 0 amide bonds. The molecule has 1 aromatic carbocycles.